The van der Waals surface area contributed by atoms with Crippen molar-refractivity contribution in [1.82, 2.24) is 15.2 Å². The maximum absolute atomic E-state index is 11.4. The van der Waals surface area contributed by atoms with Crippen molar-refractivity contribution < 1.29 is 19.1 Å². The molecule has 7 nitrogen and oxygen atoms in total. The first kappa shape index (κ1) is 22.6. The Kier molecular flexibility index (Phi) is 6.20. The topological polar surface area (TPSA) is 87.8 Å². The molecule has 35 heavy (non-hydrogen) atoms. The number of carbonyl (C=O) groups is 1. The summed E-state index contributed by atoms with van der Waals surface area (Å²) in [6.45, 7) is 0.564. The smallest absolute Gasteiger partial charge is 0.335 e. The van der Waals surface area contributed by atoms with Crippen molar-refractivity contribution in [3.05, 3.63) is 108 Å². The normalized spacial score (nSPS) is 17.3. The Morgan fingerprint density at radius 1 is 1.11 bits per heavy atom. The van der Waals surface area contributed by atoms with Gasteiger partial charge >= 0.3 is 5.97 Å². The number of nitrogens with one attached hydrogen (secondary N) is 1. The second kappa shape index (κ2) is 9.60. The predicted molar refractivity (Wildman–Crippen MR) is 135 cm³/mol. The zero-order chi connectivity index (χ0) is 24.4. The van der Waals surface area contributed by atoms with Gasteiger partial charge in [-0.15, -0.1) is 0 Å². The third kappa shape index (κ3) is 4.61. The summed E-state index contributed by atoms with van der Waals surface area (Å²) < 4.78 is 11.6. The third-order valence-corrected chi connectivity index (χ3v) is 6.37. The Morgan fingerprint density at radius 2 is 1.94 bits per heavy atom. The van der Waals surface area contributed by atoms with Crippen molar-refractivity contribution in [1.29, 1.82) is 0 Å². The van der Waals surface area contributed by atoms with Crippen LogP contribution in [0.15, 0.2) is 89.5 Å². The van der Waals surface area contributed by atoms with Crippen molar-refractivity contribution in [2.75, 3.05) is 7.11 Å². The number of rotatable bonds is 7. The standard InChI is InChI=1S/C27H23N3O4S/c1-33-20-10-8-17(9-11-20)16-30-25(24(29-27(30)35)21-7-2-3-14-28-21)23-13-12-22(34-23)18-5-4-6-19(15-18)26(31)32/h2-15,24-25H,16H2,1H3,(H,29,35)(H,31,32)/t24-,25-/m0/s1. The molecule has 0 saturated carbocycles. The van der Waals surface area contributed by atoms with E-state index in [9.17, 15) is 9.90 Å². The monoisotopic (exact) mass is 485 g/mol. The van der Waals surface area contributed by atoms with E-state index in [1.165, 1.54) is 0 Å². The molecular weight excluding hydrogens is 462 g/mol. The number of pyridine rings is 1. The maximum atomic E-state index is 11.4. The van der Waals surface area contributed by atoms with Crippen LogP contribution in [-0.4, -0.2) is 33.2 Å². The molecular formula is C27H23N3O4S. The number of carboxylic acid groups (broad SMARTS) is 1. The van der Waals surface area contributed by atoms with E-state index in [0.717, 1.165) is 17.0 Å². The van der Waals surface area contributed by atoms with Crippen molar-refractivity contribution in [3.8, 4) is 17.1 Å². The van der Waals surface area contributed by atoms with E-state index < -0.39 is 5.97 Å². The summed E-state index contributed by atoms with van der Waals surface area (Å²) >= 11 is 5.74. The van der Waals surface area contributed by atoms with Crippen LogP contribution in [0.1, 0.15) is 39.5 Å². The van der Waals surface area contributed by atoms with Crippen LogP contribution < -0.4 is 10.1 Å². The van der Waals surface area contributed by atoms with Gasteiger partial charge in [0.15, 0.2) is 5.11 Å². The molecule has 1 fully saturated rings. The predicted octanol–water partition coefficient (Wildman–Crippen LogP) is 5.22. The Balaban J connectivity index is 1.51. The Morgan fingerprint density at radius 3 is 2.66 bits per heavy atom. The van der Waals surface area contributed by atoms with Crippen LogP contribution in [0, 0.1) is 0 Å². The summed E-state index contributed by atoms with van der Waals surface area (Å²) in [4.78, 5) is 18.1. The molecule has 0 bridgehead atoms. The fourth-order valence-electron chi connectivity index (χ4n) is 4.28. The van der Waals surface area contributed by atoms with Crippen LogP contribution in [0.5, 0.6) is 5.75 Å². The van der Waals surface area contributed by atoms with E-state index >= 15 is 0 Å². The molecule has 2 N–H and O–H groups in total. The molecule has 176 valence electrons. The molecule has 2 aromatic heterocycles. The number of hydrogen-bond acceptors (Lipinski definition) is 5. The molecule has 1 saturated heterocycles. The van der Waals surface area contributed by atoms with Gasteiger partial charge in [0.05, 0.1) is 24.4 Å². The highest BCUT2D eigenvalue weighted by atomic mass is 32.1. The molecule has 2 atom stereocenters. The fourth-order valence-corrected chi connectivity index (χ4v) is 4.59. The Hall–Kier alpha value is -4.17. The van der Waals surface area contributed by atoms with Crippen molar-refractivity contribution in [2.24, 2.45) is 0 Å². The first-order valence-corrected chi connectivity index (χ1v) is 11.5. The largest absolute Gasteiger partial charge is 0.497 e. The van der Waals surface area contributed by atoms with Gasteiger partial charge in [-0.25, -0.2) is 4.79 Å². The summed E-state index contributed by atoms with van der Waals surface area (Å²) in [5.74, 6) is 1.10. The summed E-state index contributed by atoms with van der Waals surface area (Å²) in [6, 6.07) is 23.7. The van der Waals surface area contributed by atoms with E-state index in [1.807, 2.05) is 60.7 Å². The minimum absolute atomic E-state index is 0.205. The number of ether oxygens (including phenoxy) is 1. The van der Waals surface area contributed by atoms with Gasteiger partial charge in [-0.2, -0.15) is 0 Å². The fraction of sp³-hybridized carbons (Fsp3) is 0.148. The molecule has 0 unspecified atom stereocenters. The van der Waals surface area contributed by atoms with Crippen molar-refractivity contribution in [2.45, 2.75) is 18.6 Å². The Bertz CT molecular complexity index is 1350. The Labute approximate surface area is 208 Å². The number of benzene rings is 2. The summed E-state index contributed by atoms with van der Waals surface area (Å²) in [6.07, 6.45) is 1.76. The molecule has 0 aliphatic carbocycles. The van der Waals surface area contributed by atoms with Gasteiger partial charge in [0.25, 0.3) is 0 Å². The lowest BCUT2D eigenvalue weighted by Crippen LogP contribution is -2.29. The van der Waals surface area contributed by atoms with Crippen LogP contribution in [0.3, 0.4) is 0 Å². The number of furan rings is 1. The van der Waals surface area contributed by atoms with E-state index in [4.69, 9.17) is 21.4 Å². The second-order valence-corrected chi connectivity index (χ2v) is 8.58. The lowest BCUT2D eigenvalue weighted by atomic mass is 10.0. The third-order valence-electron chi connectivity index (χ3n) is 6.02. The van der Waals surface area contributed by atoms with Crippen LogP contribution in [-0.2, 0) is 6.54 Å². The van der Waals surface area contributed by atoms with Gasteiger partial charge in [-0.1, -0.05) is 30.3 Å². The molecule has 1 aliphatic rings. The highest BCUT2D eigenvalue weighted by molar-refractivity contribution is 7.80. The number of hydrogen-bond donors (Lipinski definition) is 2. The van der Waals surface area contributed by atoms with E-state index in [0.29, 0.717) is 28.7 Å². The molecule has 5 rings (SSSR count). The van der Waals surface area contributed by atoms with Crippen LogP contribution in [0.25, 0.3) is 11.3 Å². The number of methoxy groups -OCH3 is 1. The first-order chi connectivity index (χ1) is 17.0. The van der Waals surface area contributed by atoms with Crippen molar-refractivity contribution in [3.63, 3.8) is 0 Å². The van der Waals surface area contributed by atoms with Crippen LogP contribution >= 0.6 is 12.2 Å². The van der Waals surface area contributed by atoms with Crippen LogP contribution in [0.2, 0.25) is 0 Å². The highest BCUT2D eigenvalue weighted by Gasteiger charge is 2.41. The molecule has 0 radical (unpaired) electrons. The highest BCUT2D eigenvalue weighted by Crippen LogP contribution is 2.41. The summed E-state index contributed by atoms with van der Waals surface area (Å²) in [5, 5.41) is 13.4. The molecule has 2 aromatic carbocycles. The lowest BCUT2D eigenvalue weighted by molar-refractivity contribution is 0.0697. The van der Waals surface area contributed by atoms with E-state index in [1.54, 1.807) is 31.5 Å². The minimum atomic E-state index is -0.982. The lowest BCUT2D eigenvalue weighted by Gasteiger charge is -2.26. The van der Waals surface area contributed by atoms with Gasteiger partial charge in [0.2, 0.25) is 0 Å². The molecule has 8 heteroatoms. The van der Waals surface area contributed by atoms with E-state index in [-0.39, 0.29) is 17.6 Å². The minimum Gasteiger partial charge on any atom is -0.497 e. The zero-order valence-electron chi connectivity index (χ0n) is 18.9. The van der Waals surface area contributed by atoms with Crippen LogP contribution in [0.4, 0.5) is 0 Å². The molecule has 3 heterocycles. The van der Waals surface area contributed by atoms with Gasteiger partial charge in [-0.05, 0) is 66.3 Å². The number of aromatic nitrogens is 1. The molecule has 1 aliphatic heterocycles. The second-order valence-electron chi connectivity index (χ2n) is 8.19. The number of aromatic carboxylic acids is 1. The molecule has 4 aromatic rings. The summed E-state index contributed by atoms with van der Waals surface area (Å²) in [5.41, 5.74) is 2.82. The summed E-state index contributed by atoms with van der Waals surface area (Å²) in [7, 11) is 1.64. The van der Waals surface area contributed by atoms with Gasteiger partial charge in [-0.3, -0.25) is 4.98 Å². The van der Waals surface area contributed by atoms with Gasteiger partial charge in [0, 0.05) is 18.3 Å². The van der Waals surface area contributed by atoms with Gasteiger partial charge in [0.1, 0.15) is 23.3 Å². The quantitative estimate of drug-likeness (QED) is 0.345. The van der Waals surface area contributed by atoms with Crippen molar-refractivity contribution >= 4 is 23.3 Å². The number of nitrogens with zero attached hydrogens (tertiary/aromatic N) is 2. The molecule has 0 spiro atoms. The number of thiocarbonyl (C=S) groups is 1. The number of carboxylic acids is 1. The van der Waals surface area contributed by atoms with E-state index in [2.05, 4.69) is 15.2 Å². The zero-order valence-corrected chi connectivity index (χ0v) is 19.7. The average molecular weight is 486 g/mol. The molecule has 0 amide bonds. The SMILES string of the molecule is COc1ccc(CN2C(=S)N[C@@H](c3ccccn3)[C@@H]2c2ccc(-c3cccc(C(=O)O)c3)o2)cc1. The van der Waals surface area contributed by atoms with Gasteiger partial charge < -0.3 is 24.5 Å². The average Bonchev–Trinajstić information content (AvgIpc) is 3.50. The first-order valence-electron chi connectivity index (χ1n) is 11.1. The maximum Gasteiger partial charge on any atom is 0.335 e.